The summed E-state index contributed by atoms with van der Waals surface area (Å²) >= 11 is 0. The number of alkyl halides is 3. The predicted molar refractivity (Wildman–Crippen MR) is 122 cm³/mol. The smallest absolute Gasteiger partial charge is 0.396 e. The predicted octanol–water partition coefficient (Wildman–Crippen LogP) is 5.49. The van der Waals surface area contributed by atoms with E-state index in [2.05, 4.69) is 4.98 Å². The van der Waals surface area contributed by atoms with E-state index < -0.39 is 11.9 Å². The molecule has 0 aliphatic carbocycles. The van der Waals surface area contributed by atoms with E-state index in [0.29, 0.717) is 18.4 Å². The zero-order chi connectivity index (χ0) is 24.4. The molecular weight excluding hydrogens is 419 g/mol. The second-order valence-electron chi connectivity index (χ2n) is 6.63. The molecule has 8 heteroatoms. The molecule has 0 spiro atoms. The van der Waals surface area contributed by atoms with Crippen LogP contribution in [-0.2, 0) is 17.4 Å². The number of carbonyl (C=O) groups is 1. The minimum Gasteiger partial charge on any atom is -0.396 e. The molecule has 1 atom stereocenters. The van der Waals surface area contributed by atoms with Crippen molar-refractivity contribution >= 4 is 12.6 Å². The van der Waals surface area contributed by atoms with Gasteiger partial charge in [-0.25, -0.2) is 0 Å². The van der Waals surface area contributed by atoms with Crippen molar-refractivity contribution in [3.8, 4) is 0 Å². The van der Waals surface area contributed by atoms with Crippen LogP contribution in [0, 0.1) is 5.41 Å². The Labute approximate surface area is 188 Å². The fourth-order valence-electron chi connectivity index (χ4n) is 2.67. The van der Waals surface area contributed by atoms with E-state index in [1.807, 2.05) is 39.0 Å². The summed E-state index contributed by atoms with van der Waals surface area (Å²) in [6.45, 7) is 5.74. The summed E-state index contributed by atoms with van der Waals surface area (Å²) in [4.78, 5) is 14.7. The second kappa shape index (κ2) is 16.7. The fraction of sp³-hybridized carbons (Fsp3) is 0.375. The normalized spacial score (nSPS) is 13.3. The Morgan fingerprint density at radius 3 is 2.38 bits per heavy atom. The molecule has 1 rings (SSSR count). The first-order valence-electron chi connectivity index (χ1n) is 10.2. The van der Waals surface area contributed by atoms with Crippen molar-refractivity contribution in [3.05, 3.63) is 77.8 Å². The summed E-state index contributed by atoms with van der Waals surface area (Å²) < 4.78 is 37.8. The SMILES string of the molecule is C/C=C/C(=C\N(C=N)C(CC)CCO)Cc1ccc(C(F)(F)F)nc1.C/C=C/C=C/C=O. The fourth-order valence-corrected chi connectivity index (χ4v) is 2.67. The average Bonchev–Trinajstić information content (AvgIpc) is 2.76. The van der Waals surface area contributed by atoms with Gasteiger partial charge in [0.05, 0.1) is 6.34 Å². The molecule has 0 aliphatic rings. The summed E-state index contributed by atoms with van der Waals surface area (Å²) in [6.07, 6.45) is 12.7. The molecule has 176 valence electrons. The highest BCUT2D eigenvalue weighted by molar-refractivity contribution is 5.65. The first kappa shape index (κ1) is 29.0. The first-order chi connectivity index (χ1) is 15.3. The number of nitrogens with one attached hydrogen (secondary N) is 1. The van der Waals surface area contributed by atoms with Crippen LogP contribution in [0.2, 0.25) is 0 Å². The highest BCUT2D eigenvalue weighted by Gasteiger charge is 2.31. The van der Waals surface area contributed by atoms with Gasteiger partial charge in [-0.2, -0.15) is 13.2 Å². The number of hydrogen-bond donors (Lipinski definition) is 2. The van der Waals surface area contributed by atoms with Gasteiger partial charge in [0, 0.05) is 31.5 Å². The van der Waals surface area contributed by atoms with E-state index in [1.54, 1.807) is 23.3 Å². The Balaban J connectivity index is 0.00000118. The Morgan fingerprint density at radius 1 is 1.22 bits per heavy atom. The van der Waals surface area contributed by atoms with E-state index in [4.69, 9.17) is 10.5 Å². The van der Waals surface area contributed by atoms with Crippen LogP contribution in [0.25, 0.3) is 0 Å². The molecule has 0 fully saturated rings. The van der Waals surface area contributed by atoms with Crippen LogP contribution in [0.1, 0.15) is 44.9 Å². The largest absolute Gasteiger partial charge is 0.433 e. The maximum absolute atomic E-state index is 12.6. The van der Waals surface area contributed by atoms with E-state index in [9.17, 15) is 18.0 Å². The maximum atomic E-state index is 12.6. The van der Waals surface area contributed by atoms with Gasteiger partial charge < -0.3 is 10.0 Å². The Hall–Kier alpha value is -3.00. The third-order valence-electron chi connectivity index (χ3n) is 4.22. The van der Waals surface area contributed by atoms with Gasteiger partial charge in [0.15, 0.2) is 0 Å². The zero-order valence-corrected chi connectivity index (χ0v) is 18.7. The number of pyridine rings is 1. The lowest BCUT2D eigenvalue weighted by Crippen LogP contribution is -2.30. The molecule has 5 nitrogen and oxygen atoms in total. The van der Waals surface area contributed by atoms with E-state index in [0.717, 1.165) is 24.3 Å². The number of nitrogens with zero attached hydrogens (tertiary/aromatic N) is 2. The lowest BCUT2D eigenvalue weighted by atomic mass is 10.1. The molecule has 0 bridgehead atoms. The van der Waals surface area contributed by atoms with Gasteiger partial charge in [0.2, 0.25) is 0 Å². The van der Waals surface area contributed by atoms with Crippen LogP contribution in [0.5, 0.6) is 0 Å². The molecule has 1 aromatic heterocycles. The van der Waals surface area contributed by atoms with Gasteiger partial charge in [0.1, 0.15) is 12.0 Å². The molecule has 0 saturated heterocycles. The second-order valence-corrected chi connectivity index (χ2v) is 6.63. The third kappa shape index (κ3) is 12.0. The van der Waals surface area contributed by atoms with E-state index in [1.165, 1.54) is 24.7 Å². The molecule has 1 heterocycles. The van der Waals surface area contributed by atoms with Gasteiger partial charge in [-0.1, -0.05) is 43.4 Å². The minimum absolute atomic E-state index is 0.00603. The molecule has 1 aromatic rings. The molecule has 1 unspecified atom stereocenters. The summed E-state index contributed by atoms with van der Waals surface area (Å²) in [7, 11) is 0. The van der Waals surface area contributed by atoms with Gasteiger partial charge in [-0.05, 0) is 50.0 Å². The van der Waals surface area contributed by atoms with Crippen molar-refractivity contribution in [2.24, 2.45) is 0 Å². The standard InChI is InChI=1S/C18H24F3N3O.C6H8O/c1-3-5-15(12-24(13-22)16(4-2)8-9-25)10-14-6-7-17(23-11-14)18(19,20)21;1-2-3-4-5-6-7/h3,5-7,11-13,16,22,25H,4,8-10H2,1-2H3;2-6H,1H3/b5-3+,15-12+,22-13?;3-2+,5-4+. The number of rotatable bonds is 11. The first-order valence-corrected chi connectivity index (χ1v) is 10.2. The summed E-state index contributed by atoms with van der Waals surface area (Å²) in [5.41, 5.74) is 0.573. The number of hydrogen-bond acceptors (Lipinski definition) is 4. The highest BCUT2D eigenvalue weighted by Crippen LogP contribution is 2.27. The van der Waals surface area contributed by atoms with Gasteiger partial charge in [-0.15, -0.1) is 0 Å². The molecule has 0 saturated carbocycles. The number of aldehydes is 1. The monoisotopic (exact) mass is 451 g/mol. The summed E-state index contributed by atoms with van der Waals surface area (Å²) in [5.74, 6) is 0. The highest BCUT2D eigenvalue weighted by atomic mass is 19.4. The van der Waals surface area contributed by atoms with Crippen LogP contribution in [0.3, 0.4) is 0 Å². The lowest BCUT2D eigenvalue weighted by molar-refractivity contribution is -0.141. The van der Waals surface area contributed by atoms with Crippen molar-refractivity contribution < 1.29 is 23.1 Å². The quantitative estimate of drug-likeness (QED) is 0.153. The molecule has 0 aromatic carbocycles. The zero-order valence-electron chi connectivity index (χ0n) is 18.7. The van der Waals surface area contributed by atoms with Crippen molar-refractivity contribution in [2.75, 3.05) is 6.61 Å². The number of carbonyl (C=O) groups excluding carboxylic acids is 1. The van der Waals surface area contributed by atoms with Crippen LogP contribution in [0.15, 0.2) is 66.6 Å². The maximum Gasteiger partial charge on any atom is 0.433 e. The van der Waals surface area contributed by atoms with Crippen molar-refractivity contribution in [3.63, 3.8) is 0 Å². The Morgan fingerprint density at radius 2 is 1.94 bits per heavy atom. The number of aliphatic hydroxyl groups excluding tert-OH is 1. The van der Waals surface area contributed by atoms with E-state index in [-0.39, 0.29) is 12.6 Å². The van der Waals surface area contributed by atoms with Gasteiger partial charge >= 0.3 is 6.18 Å². The molecule has 32 heavy (non-hydrogen) atoms. The minimum atomic E-state index is -4.45. The Bertz CT molecular complexity index is 783. The molecule has 2 N–H and O–H groups in total. The number of aliphatic hydroxyl groups is 1. The number of halogens is 3. The number of allylic oxidation sites excluding steroid dienone is 7. The number of aromatic nitrogens is 1. The summed E-state index contributed by atoms with van der Waals surface area (Å²) in [6, 6.07) is 2.37. The lowest BCUT2D eigenvalue weighted by Gasteiger charge is -2.25. The third-order valence-corrected chi connectivity index (χ3v) is 4.22. The van der Waals surface area contributed by atoms with E-state index >= 15 is 0 Å². The van der Waals surface area contributed by atoms with Crippen molar-refractivity contribution in [1.29, 1.82) is 5.41 Å². The molecular formula is C24H32F3N3O2. The van der Waals surface area contributed by atoms with Crippen LogP contribution in [-0.4, -0.2) is 40.3 Å². The van der Waals surface area contributed by atoms with Crippen LogP contribution in [0.4, 0.5) is 13.2 Å². The van der Waals surface area contributed by atoms with Gasteiger partial charge in [0.25, 0.3) is 0 Å². The molecule has 0 aliphatic heterocycles. The molecule has 0 radical (unpaired) electrons. The topological polar surface area (TPSA) is 77.3 Å². The van der Waals surface area contributed by atoms with Crippen molar-refractivity contribution in [1.82, 2.24) is 9.88 Å². The van der Waals surface area contributed by atoms with Gasteiger partial charge in [-0.3, -0.25) is 15.2 Å². The van der Waals surface area contributed by atoms with Crippen molar-refractivity contribution in [2.45, 2.75) is 52.3 Å². The summed E-state index contributed by atoms with van der Waals surface area (Å²) in [5, 5.41) is 16.7. The average molecular weight is 452 g/mol. The van der Waals surface area contributed by atoms with Crippen LogP contribution < -0.4 is 0 Å². The van der Waals surface area contributed by atoms with Crippen LogP contribution >= 0.6 is 0 Å². The Kier molecular flexibility index (Phi) is 15.1. The molecule has 0 amide bonds.